The van der Waals surface area contributed by atoms with Gasteiger partial charge in [0.05, 0.1) is 0 Å². The van der Waals surface area contributed by atoms with Crippen LogP contribution in [-0.4, -0.2) is 5.16 Å². The van der Waals surface area contributed by atoms with Crippen molar-refractivity contribution in [3.8, 4) is 11.3 Å². The average molecular weight is 202 g/mol. The molecule has 0 atom stereocenters. The molecule has 78 valence electrons. The fourth-order valence-corrected chi connectivity index (χ4v) is 1.77. The highest BCUT2D eigenvalue weighted by atomic mass is 16.5. The minimum atomic E-state index is 0.396. The van der Waals surface area contributed by atoms with E-state index in [4.69, 9.17) is 10.3 Å². The van der Waals surface area contributed by atoms with Crippen molar-refractivity contribution >= 4 is 5.88 Å². The Morgan fingerprint density at radius 3 is 2.20 bits per heavy atom. The highest BCUT2D eigenvalue weighted by Crippen LogP contribution is 2.30. The molecule has 0 radical (unpaired) electrons. The molecule has 0 bridgehead atoms. The van der Waals surface area contributed by atoms with E-state index < -0.39 is 0 Å². The summed E-state index contributed by atoms with van der Waals surface area (Å²) in [7, 11) is 0. The summed E-state index contributed by atoms with van der Waals surface area (Å²) in [5, 5.41) is 4.01. The molecule has 0 fully saturated rings. The Labute approximate surface area is 88.9 Å². The molecule has 15 heavy (non-hydrogen) atoms. The predicted octanol–water partition coefficient (Wildman–Crippen LogP) is 2.85. The summed E-state index contributed by atoms with van der Waals surface area (Å²) >= 11 is 0. The van der Waals surface area contributed by atoms with Gasteiger partial charge in [-0.15, -0.1) is 0 Å². The topological polar surface area (TPSA) is 52.0 Å². The fourth-order valence-electron chi connectivity index (χ4n) is 1.77. The van der Waals surface area contributed by atoms with Crippen LogP contribution in [0.1, 0.15) is 16.7 Å². The van der Waals surface area contributed by atoms with Crippen molar-refractivity contribution in [2.75, 3.05) is 5.73 Å². The number of anilines is 1. The van der Waals surface area contributed by atoms with Gasteiger partial charge < -0.3 is 10.3 Å². The van der Waals surface area contributed by atoms with Crippen LogP contribution in [0.15, 0.2) is 22.7 Å². The number of hydrogen-bond donors (Lipinski definition) is 1. The van der Waals surface area contributed by atoms with Crippen molar-refractivity contribution in [3.63, 3.8) is 0 Å². The van der Waals surface area contributed by atoms with Gasteiger partial charge in [0, 0.05) is 11.1 Å². The van der Waals surface area contributed by atoms with Crippen molar-refractivity contribution in [1.82, 2.24) is 5.16 Å². The molecule has 3 nitrogen and oxygen atoms in total. The molecule has 0 aliphatic rings. The molecule has 1 heterocycles. The highest BCUT2D eigenvalue weighted by molar-refractivity contribution is 5.72. The number of aromatic nitrogens is 1. The number of nitrogen functional groups attached to an aromatic ring is 1. The van der Waals surface area contributed by atoms with Gasteiger partial charge in [-0.1, -0.05) is 23.4 Å². The van der Waals surface area contributed by atoms with E-state index in [1.165, 1.54) is 11.1 Å². The molecule has 0 unspecified atom stereocenters. The number of hydrogen-bond acceptors (Lipinski definition) is 3. The largest absolute Gasteiger partial charge is 0.367 e. The number of aryl methyl sites for hydroxylation is 2. The van der Waals surface area contributed by atoms with Gasteiger partial charge in [0.25, 0.3) is 0 Å². The van der Waals surface area contributed by atoms with E-state index in [1.54, 1.807) is 0 Å². The summed E-state index contributed by atoms with van der Waals surface area (Å²) in [6.07, 6.45) is 0. The Balaban J connectivity index is 2.69. The van der Waals surface area contributed by atoms with Gasteiger partial charge >= 0.3 is 0 Å². The Bertz CT molecular complexity index is 480. The van der Waals surface area contributed by atoms with Crippen molar-refractivity contribution in [1.29, 1.82) is 0 Å². The van der Waals surface area contributed by atoms with Gasteiger partial charge in [-0.3, -0.25) is 0 Å². The molecule has 1 aromatic carbocycles. The van der Waals surface area contributed by atoms with E-state index in [9.17, 15) is 0 Å². The quantitative estimate of drug-likeness (QED) is 0.773. The Kier molecular flexibility index (Phi) is 2.23. The van der Waals surface area contributed by atoms with Gasteiger partial charge in [0.1, 0.15) is 5.69 Å². The maximum atomic E-state index is 5.65. The fraction of sp³-hybridized carbons (Fsp3) is 0.250. The lowest BCUT2D eigenvalue weighted by atomic mass is 9.98. The average Bonchev–Trinajstić information content (AvgIpc) is 2.49. The zero-order valence-corrected chi connectivity index (χ0v) is 9.16. The van der Waals surface area contributed by atoms with E-state index in [1.807, 2.05) is 13.0 Å². The number of rotatable bonds is 1. The van der Waals surface area contributed by atoms with Crippen LogP contribution in [0.4, 0.5) is 5.88 Å². The number of nitrogens with two attached hydrogens (primary N) is 1. The van der Waals surface area contributed by atoms with Crippen molar-refractivity contribution in [2.45, 2.75) is 20.8 Å². The Hall–Kier alpha value is -1.77. The summed E-state index contributed by atoms with van der Waals surface area (Å²) < 4.78 is 4.99. The van der Waals surface area contributed by atoms with Gasteiger partial charge in [-0.05, 0) is 31.9 Å². The van der Waals surface area contributed by atoms with Crippen molar-refractivity contribution in [3.05, 3.63) is 34.9 Å². The molecular weight excluding hydrogens is 188 g/mol. The SMILES string of the molecule is Cc1cccc(C)c1-c1noc(N)c1C. The van der Waals surface area contributed by atoms with Crippen molar-refractivity contribution < 1.29 is 4.52 Å². The molecule has 3 heteroatoms. The Morgan fingerprint density at radius 1 is 1.13 bits per heavy atom. The summed E-state index contributed by atoms with van der Waals surface area (Å²) in [6.45, 7) is 6.05. The second kappa shape index (κ2) is 3.42. The van der Waals surface area contributed by atoms with E-state index in [-0.39, 0.29) is 0 Å². The zero-order chi connectivity index (χ0) is 11.0. The number of benzene rings is 1. The van der Waals surface area contributed by atoms with Gasteiger partial charge in [0.2, 0.25) is 5.88 Å². The molecule has 2 rings (SSSR count). The lowest BCUT2D eigenvalue weighted by Crippen LogP contribution is -1.90. The molecule has 0 aliphatic carbocycles. The van der Waals surface area contributed by atoms with E-state index in [0.29, 0.717) is 5.88 Å². The monoisotopic (exact) mass is 202 g/mol. The predicted molar refractivity (Wildman–Crippen MR) is 60.6 cm³/mol. The number of nitrogens with zero attached hydrogens (tertiary/aromatic N) is 1. The highest BCUT2D eigenvalue weighted by Gasteiger charge is 2.14. The second-order valence-corrected chi connectivity index (χ2v) is 3.79. The van der Waals surface area contributed by atoms with Crippen LogP contribution < -0.4 is 5.73 Å². The maximum Gasteiger partial charge on any atom is 0.225 e. The smallest absolute Gasteiger partial charge is 0.225 e. The Morgan fingerprint density at radius 2 is 1.73 bits per heavy atom. The third kappa shape index (κ3) is 1.50. The van der Waals surface area contributed by atoms with Crippen LogP contribution in [-0.2, 0) is 0 Å². The third-order valence-electron chi connectivity index (χ3n) is 2.68. The van der Waals surface area contributed by atoms with Crippen molar-refractivity contribution in [2.24, 2.45) is 0 Å². The first kappa shape index (κ1) is 9.77. The lowest BCUT2D eigenvalue weighted by molar-refractivity contribution is 0.438. The molecule has 0 aliphatic heterocycles. The van der Waals surface area contributed by atoms with Crippen LogP contribution in [0.25, 0.3) is 11.3 Å². The molecule has 0 saturated heterocycles. The van der Waals surface area contributed by atoms with Crippen LogP contribution in [0.5, 0.6) is 0 Å². The first-order valence-electron chi connectivity index (χ1n) is 4.89. The molecule has 1 aromatic heterocycles. The first-order valence-corrected chi connectivity index (χ1v) is 4.89. The van der Waals surface area contributed by atoms with Gasteiger partial charge in [0.15, 0.2) is 0 Å². The van der Waals surface area contributed by atoms with Gasteiger partial charge in [-0.2, -0.15) is 0 Å². The summed E-state index contributed by atoms with van der Waals surface area (Å²) in [5.41, 5.74) is 10.9. The molecule has 0 amide bonds. The van der Waals surface area contributed by atoms with E-state index in [0.717, 1.165) is 16.8 Å². The standard InChI is InChI=1S/C12H14N2O/c1-7-5-4-6-8(2)10(7)11-9(3)12(13)15-14-11/h4-6H,13H2,1-3H3. The van der Waals surface area contributed by atoms with Crippen LogP contribution in [0, 0.1) is 20.8 Å². The minimum absolute atomic E-state index is 0.396. The van der Waals surface area contributed by atoms with Gasteiger partial charge in [-0.25, -0.2) is 0 Å². The summed E-state index contributed by atoms with van der Waals surface area (Å²) in [4.78, 5) is 0. The first-order chi connectivity index (χ1) is 7.11. The zero-order valence-electron chi connectivity index (χ0n) is 9.16. The summed E-state index contributed by atoms with van der Waals surface area (Å²) in [5.74, 6) is 0.396. The third-order valence-corrected chi connectivity index (χ3v) is 2.68. The van der Waals surface area contributed by atoms with Crippen LogP contribution in [0.3, 0.4) is 0 Å². The summed E-state index contributed by atoms with van der Waals surface area (Å²) in [6, 6.07) is 6.16. The lowest BCUT2D eigenvalue weighted by Gasteiger charge is -2.06. The van der Waals surface area contributed by atoms with Crippen LogP contribution in [0.2, 0.25) is 0 Å². The molecule has 0 saturated carbocycles. The van der Waals surface area contributed by atoms with Crippen LogP contribution >= 0.6 is 0 Å². The normalized spacial score (nSPS) is 10.6. The molecule has 2 aromatic rings. The maximum absolute atomic E-state index is 5.65. The molecular formula is C12H14N2O. The second-order valence-electron chi connectivity index (χ2n) is 3.79. The van der Waals surface area contributed by atoms with E-state index >= 15 is 0 Å². The minimum Gasteiger partial charge on any atom is -0.367 e. The van der Waals surface area contributed by atoms with E-state index in [2.05, 4.69) is 31.1 Å². The molecule has 2 N–H and O–H groups in total. The molecule has 0 spiro atoms.